The molecule has 1 amide bonds. The second-order valence-corrected chi connectivity index (χ2v) is 7.44. The first-order chi connectivity index (χ1) is 15.2. The molecule has 10 heteroatoms. The van der Waals surface area contributed by atoms with E-state index in [1.807, 2.05) is 41.3 Å². The largest absolute Gasteiger partial charge is 0.490 e. The van der Waals surface area contributed by atoms with E-state index in [1.54, 1.807) is 0 Å². The van der Waals surface area contributed by atoms with Crippen LogP contribution in [-0.2, 0) is 22.6 Å². The molecule has 2 aliphatic heterocycles. The maximum absolute atomic E-state index is 12.6. The van der Waals surface area contributed by atoms with Gasteiger partial charge in [0, 0.05) is 25.6 Å². The minimum atomic E-state index is -5.08. The molecule has 0 aliphatic carbocycles. The number of alkyl halides is 3. The second kappa shape index (κ2) is 9.90. The van der Waals surface area contributed by atoms with E-state index in [2.05, 4.69) is 6.07 Å². The van der Waals surface area contributed by atoms with E-state index in [-0.39, 0.29) is 12.7 Å². The van der Waals surface area contributed by atoms with Crippen LogP contribution in [0.4, 0.5) is 13.2 Å². The molecule has 1 unspecified atom stereocenters. The molecule has 2 aromatic carbocycles. The van der Waals surface area contributed by atoms with E-state index in [1.165, 1.54) is 5.56 Å². The number of likely N-dealkylation sites (tertiary alicyclic amines) is 1. The molecular formula is C22H23F3N2O5. The van der Waals surface area contributed by atoms with Gasteiger partial charge in [0.05, 0.1) is 6.42 Å². The minimum absolute atomic E-state index is 0.178. The van der Waals surface area contributed by atoms with Crippen LogP contribution in [0, 0.1) is 0 Å². The molecule has 32 heavy (non-hydrogen) atoms. The predicted octanol–water partition coefficient (Wildman–Crippen LogP) is 3.07. The summed E-state index contributed by atoms with van der Waals surface area (Å²) in [6.45, 7) is 2.34. The van der Waals surface area contributed by atoms with Crippen molar-refractivity contribution in [1.82, 2.24) is 4.90 Å². The first-order valence-electron chi connectivity index (χ1n) is 9.92. The fraction of sp³-hybridized carbons (Fsp3) is 0.364. The highest BCUT2D eigenvalue weighted by molar-refractivity contribution is 5.79. The van der Waals surface area contributed by atoms with E-state index in [9.17, 15) is 18.0 Å². The zero-order valence-corrected chi connectivity index (χ0v) is 17.1. The summed E-state index contributed by atoms with van der Waals surface area (Å²) in [7, 11) is 0. The van der Waals surface area contributed by atoms with Gasteiger partial charge in [-0.15, -0.1) is 0 Å². The molecule has 2 aromatic rings. The van der Waals surface area contributed by atoms with Crippen molar-refractivity contribution in [3.05, 3.63) is 59.2 Å². The smallest absolute Gasteiger partial charge is 0.475 e. The molecular weight excluding hydrogens is 429 g/mol. The number of hydrogen-bond donors (Lipinski definition) is 2. The summed E-state index contributed by atoms with van der Waals surface area (Å²) in [6, 6.07) is 14.0. The van der Waals surface area contributed by atoms with Crippen molar-refractivity contribution >= 4 is 11.9 Å². The first kappa shape index (κ1) is 23.4. The molecule has 2 aliphatic rings. The molecule has 0 bridgehead atoms. The molecule has 172 valence electrons. The number of fused-ring (bicyclic) bond motifs is 1. The quantitative estimate of drug-likeness (QED) is 0.739. The highest BCUT2D eigenvalue weighted by atomic mass is 19.4. The maximum atomic E-state index is 12.6. The molecule has 0 radical (unpaired) electrons. The van der Waals surface area contributed by atoms with E-state index in [4.69, 9.17) is 25.1 Å². The van der Waals surface area contributed by atoms with E-state index >= 15 is 0 Å². The van der Waals surface area contributed by atoms with Gasteiger partial charge in [-0.05, 0) is 35.2 Å². The molecule has 3 N–H and O–H groups in total. The molecule has 1 saturated heterocycles. The van der Waals surface area contributed by atoms with Gasteiger partial charge in [-0.25, -0.2) is 4.79 Å². The third kappa shape index (κ3) is 5.91. The first-order valence-corrected chi connectivity index (χ1v) is 9.92. The van der Waals surface area contributed by atoms with Gasteiger partial charge < -0.3 is 25.2 Å². The summed E-state index contributed by atoms with van der Waals surface area (Å²) in [4.78, 5) is 23.5. The number of carbonyl (C=O) groups is 2. The second-order valence-electron chi connectivity index (χ2n) is 7.44. The molecule has 1 fully saturated rings. The number of halogens is 3. The van der Waals surface area contributed by atoms with Crippen molar-refractivity contribution in [1.29, 1.82) is 0 Å². The highest BCUT2D eigenvalue weighted by Gasteiger charge is 2.38. The number of benzene rings is 2. The molecule has 2 heterocycles. The van der Waals surface area contributed by atoms with Crippen LogP contribution >= 0.6 is 0 Å². The lowest BCUT2D eigenvalue weighted by atomic mass is 9.98. The fourth-order valence-corrected chi connectivity index (χ4v) is 3.58. The van der Waals surface area contributed by atoms with Gasteiger partial charge in [0.1, 0.15) is 0 Å². The van der Waals surface area contributed by atoms with Gasteiger partial charge in [0.15, 0.2) is 11.5 Å². The molecule has 4 rings (SSSR count). The number of rotatable bonds is 4. The lowest BCUT2D eigenvalue weighted by Crippen LogP contribution is -2.29. The third-order valence-electron chi connectivity index (χ3n) is 5.23. The van der Waals surface area contributed by atoms with Crippen LogP contribution in [0.25, 0.3) is 0 Å². The normalized spacial score (nSPS) is 17.0. The highest BCUT2D eigenvalue weighted by Crippen LogP contribution is 2.37. The van der Waals surface area contributed by atoms with Crippen LogP contribution in [0.15, 0.2) is 42.5 Å². The molecule has 0 saturated carbocycles. The summed E-state index contributed by atoms with van der Waals surface area (Å²) >= 11 is 0. The van der Waals surface area contributed by atoms with Crippen LogP contribution in [0.3, 0.4) is 0 Å². The van der Waals surface area contributed by atoms with Gasteiger partial charge in [-0.2, -0.15) is 13.2 Å². The number of hydrogen-bond acceptors (Lipinski definition) is 5. The van der Waals surface area contributed by atoms with E-state index < -0.39 is 12.1 Å². The van der Waals surface area contributed by atoms with Crippen molar-refractivity contribution < 1.29 is 37.3 Å². The number of carboxylic acid groups (broad SMARTS) is 1. The monoisotopic (exact) mass is 452 g/mol. The maximum Gasteiger partial charge on any atom is 0.490 e. The van der Waals surface area contributed by atoms with Gasteiger partial charge in [0.2, 0.25) is 12.7 Å². The van der Waals surface area contributed by atoms with Crippen molar-refractivity contribution in [3.63, 3.8) is 0 Å². The standard InChI is InChI=1S/C20H22N2O3.C2HF3O2/c21-11-15-3-1-2-14(8-15)9-20(23)22-7-6-17(12-22)16-4-5-18-19(10-16)25-13-24-18;3-2(4,5)1(6)7/h1-5,8,10,17H,6-7,9,11-13,21H2;(H,6,7). The van der Waals surface area contributed by atoms with Crippen molar-refractivity contribution in [2.45, 2.75) is 31.5 Å². The van der Waals surface area contributed by atoms with Crippen molar-refractivity contribution in [3.8, 4) is 11.5 Å². The summed E-state index contributed by atoms with van der Waals surface area (Å²) in [5.74, 6) is -0.617. The lowest BCUT2D eigenvalue weighted by molar-refractivity contribution is -0.192. The third-order valence-corrected chi connectivity index (χ3v) is 5.23. The summed E-state index contributed by atoms with van der Waals surface area (Å²) in [5.41, 5.74) is 8.98. The van der Waals surface area contributed by atoms with Gasteiger partial charge in [0.25, 0.3) is 0 Å². The van der Waals surface area contributed by atoms with Gasteiger partial charge >= 0.3 is 12.1 Å². The van der Waals surface area contributed by atoms with Crippen LogP contribution in [0.2, 0.25) is 0 Å². The molecule has 7 nitrogen and oxygen atoms in total. The molecule has 0 aromatic heterocycles. The average Bonchev–Trinajstić information content (AvgIpc) is 3.42. The summed E-state index contributed by atoms with van der Waals surface area (Å²) < 4.78 is 42.6. The minimum Gasteiger partial charge on any atom is -0.475 e. The number of nitrogens with zero attached hydrogens (tertiary/aromatic N) is 1. The fourth-order valence-electron chi connectivity index (χ4n) is 3.58. The average molecular weight is 452 g/mol. The molecule has 1 atom stereocenters. The van der Waals surface area contributed by atoms with Crippen LogP contribution in [0.5, 0.6) is 11.5 Å². The summed E-state index contributed by atoms with van der Waals surface area (Å²) in [6.07, 6.45) is -3.67. The summed E-state index contributed by atoms with van der Waals surface area (Å²) in [5, 5.41) is 7.12. The number of carboxylic acids is 1. The van der Waals surface area contributed by atoms with Gasteiger partial charge in [-0.1, -0.05) is 30.3 Å². The Balaban J connectivity index is 0.000000360. The van der Waals surface area contributed by atoms with Crippen molar-refractivity contribution in [2.75, 3.05) is 19.9 Å². The number of amides is 1. The van der Waals surface area contributed by atoms with Crippen LogP contribution in [0.1, 0.15) is 29.0 Å². The Morgan fingerprint density at radius 1 is 1.09 bits per heavy atom. The van der Waals surface area contributed by atoms with Crippen molar-refractivity contribution in [2.24, 2.45) is 5.73 Å². The lowest BCUT2D eigenvalue weighted by Gasteiger charge is -2.17. The Labute approximate surface area is 182 Å². The predicted molar refractivity (Wildman–Crippen MR) is 108 cm³/mol. The Kier molecular flexibility index (Phi) is 7.24. The number of carbonyl (C=O) groups excluding carboxylic acids is 1. The topological polar surface area (TPSA) is 102 Å². The Morgan fingerprint density at radius 3 is 2.47 bits per heavy atom. The number of aliphatic carboxylic acids is 1. The van der Waals surface area contributed by atoms with Crippen LogP contribution < -0.4 is 15.2 Å². The Hall–Kier alpha value is -3.27. The number of ether oxygens (including phenoxy) is 2. The van der Waals surface area contributed by atoms with Gasteiger partial charge in [-0.3, -0.25) is 4.79 Å². The Morgan fingerprint density at radius 2 is 1.78 bits per heavy atom. The zero-order valence-electron chi connectivity index (χ0n) is 17.1. The van der Waals surface area contributed by atoms with Crippen LogP contribution in [-0.4, -0.2) is 47.9 Å². The van der Waals surface area contributed by atoms with E-state index in [0.29, 0.717) is 18.9 Å². The zero-order chi connectivity index (χ0) is 23.3. The number of nitrogens with two attached hydrogens (primary N) is 1. The SMILES string of the molecule is NCc1cccc(CC(=O)N2CCC(c3ccc4c(c3)OCO4)C2)c1.O=C(O)C(F)(F)F. The van der Waals surface area contributed by atoms with E-state index in [0.717, 1.165) is 42.1 Å². The Bertz CT molecular complexity index is 980. The molecule has 0 spiro atoms.